The van der Waals surface area contributed by atoms with Gasteiger partial charge in [-0.15, -0.1) is 0 Å². The molecule has 0 unspecified atom stereocenters. The van der Waals surface area contributed by atoms with E-state index >= 15 is 0 Å². The predicted molar refractivity (Wildman–Crippen MR) is 19.3 cm³/mol. The summed E-state index contributed by atoms with van der Waals surface area (Å²) in [5, 5.41) is 20.8. The van der Waals surface area contributed by atoms with E-state index in [4.69, 9.17) is 24.9 Å². The molecule has 7 heavy (non-hydrogen) atoms. The fourth-order valence-electron chi connectivity index (χ4n) is 0. The van der Waals surface area contributed by atoms with Gasteiger partial charge in [0.05, 0.1) is 0 Å². The Labute approximate surface area is 38.8 Å². The molecule has 0 atom stereocenters. The van der Waals surface area contributed by atoms with E-state index in [0.29, 0.717) is 0 Å². The lowest BCUT2D eigenvalue weighted by Crippen LogP contribution is -1.81. The van der Waals surface area contributed by atoms with Gasteiger partial charge < -0.3 is 15.3 Å². The van der Waals surface area contributed by atoms with Gasteiger partial charge in [-0.25, -0.2) is 4.79 Å². The van der Waals surface area contributed by atoms with E-state index in [1.165, 1.54) is 0 Å². The molecule has 0 heterocycles. The van der Waals surface area contributed by atoms with Gasteiger partial charge in [0.15, 0.2) is 0 Å². The third kappa shape index (κ3) is 22.4. The predicted octanol–water partition coefficient (Wildman–Crippen LogP) is -0.0768. The summed E-state index contributed by atoms with van der Waals surface area (Å²) in [5.41, 5.74) is 0. The van der Waals surface area contributed by atoms with Crippen molar-refractivity contribution in [2.24, 2.45) is 0 Å². The van der Waals surface area contributed by atoms with Gasteiger partial charge in [0.2, 0.25) is 0 Å². The Kier molecular flexibility index (Phi) is 11.6. The Morgan fingerprint density at radius 2 is 1.43 bits per heavy atom. The van der Waals surface area contributed by atoms with Gasteiger partial charge in [-0.2, -0.15) is 0 Å². The zero-order valence-electron chi connectivity index (χ0n) is 3.24. The van der Waals surface area contributed by atoms with Gasteiger partial charge in [0.25, 0.3) is 6.47 Å². The fourth-order valence-corrected chi connectivity index (χ4v) is 0. The molecule has 5 heteroatoms. The Bertz CT molecular complexity index is 53.1. The largest absolute Gasteiger partial charge is 0.503 e. The Morgan fingerprint density at radius 1 is 1.43 bits per heavy atom. The van der Waals surface area contributed by atoms with Crippen LogP contribution >= 0.6 is 0 Å². The standard InChI is InChI=1S/CH2O3.CH2O2/c2-1(3)4;2-1-3/h(H2,2,3,4);1H,(H,2,3). The van der Waals surface area contributed by atoms with Gasteiger partial charge in [0, 0.05) is 0 Å². The summed E-state index contributed by atoms with van der Waals surface area (Å²) in [6, 6.07) is 0. The van der Waals surface area contributed by atoms with Crippen LogP contribution in [0.4, 0.5) is 4.79 Å². The first-order valence-corrected chi connectivity index (χ1v) is 1.15. The van der Waals surface area contributed by atoms with Gasteiger partial charge in [-0.05, 0) is 0 Å². The molecule has 0 aromatic rings. The number of hydrogen-bond acceptors (Lipinski definition) is 2. The highest BCUT2D eigenvalue weighted by Crippen LogP contribution is 1.42. The first-order valence-electron chi connectivity index (χ1n) is 1.15. The smallest absolute Gasteiger partial charge is 0.483 e. The molecule has 0 aromatic heterocycles. The van der Waals surface area contributed by atoms with Crippen molar-refractivity contribution in [2.45, 2.75) is 0 Å². The molecule has 5 nitrogen and oxygen atoms in total. The first kappa shape index (κ1) is 9.22. The van der Waals surface area contributed by atoms with Crippen LogP contribution in [-0.4, -0.2) is 27.9 Å². The molecule has 0 saturated carbocycles. The molecule has 0 aromatic carbocycles. The summed E-state index contributed by atoms with van der Waals surface area (Å²) in [7, 11) is 0. The average Bonchev–Trinajstić information content (AvgIpc) is 1.33. The summed E-state index contributed by atoms with van der Waals surface area (Å²) in [6.45, 7) is -0.250. The maximum atomic E-state index is 8.56. The van der Waals surface area contributed by atoms with Crippen molar-refractivity contribution >= 4 is 12.6 Å². The lowest BCUT2D eigenvalue weighted by molar-refractivity contribution is -0.122. The zero-order valence-corrected chi connectivity index (χ0v) is 3.24. The van der Waals surface area contributed by atoms with Crippen LogP contribution in [0.25, 0.3) is 0 Å². The van der Waals surface area contributed by atoms with Crippen LogP contribution < -0.4 is 0 Å². The number of rotatable bonds is 0. The topological polar surface area (TPSA) is 94.8 Å². The van der Waals surface area contributed by atoms with E-state index in [9.17, 15) is 0 Å². The Morgan fingerprint density at radius 3 is 1.43 bits per heavy atom. The zero-order chi connectivity index (χ0) is 6.28. The molecule has 0 bridgehead atoms. The van der Waals surface area contributed by atoms with Gasteiger partial charge in [-0.3, -0.25) is 4.79 Å². The van der Waals surface area contributed by atoms with E-state index in [0.717, 1.165) is 0 Å². The molecular weight excluding hydrogens is 104 g/mol. The molecule has 0 aliphatic heterocycles. The van der Waals surface area contributed by atoms with Crippen LogP contribution in [0.5, 0.6) is 0 Å². The van der Waals surface area contributed by atoms with E-state index in [1.54, 1.807) is 0 Å². The minimum Gasteiger partial charge on any atom is -0.483 e. The highest BCUT2D eigenvalue weighted by atomic mass is 16.6. The quantitative estimate of drug-likeness (QED) is 0.377. The number of hydrogen-bond donors (Lipinski definition) is 3. The molecule has 0 rings (SSSR count). The van der Waals surface area contributed by atoms with Crippen molar-refractivity contribution in [1.29, 1.82) is 0 Å². The summed E-state index contributed by atoms with van der Waals surface area (Å²) in [5.74, 6) is 0. The summed E-state index contributed by atoms with van der Waals surface area (Å²) in [4.78, 5) is 16.9. The van der Waals surface area contributed by atoms with Crippen LogP contribution in [0.2, 0.25) is 0 Å². The summed E-state index contributed by atoms with van der Waals surface area (Å²) < 4.78 is 0. The second-order valence-electron chi connectivity index (χ2n) is 0.388. The molecule has 3 N–H and O–H groups in total. The van der Waals surface area contributed by atoms with E-state index in [2.05, 4.69) is 0 Å². The maximum Gasteiger partial charge on any atom is 0.503 e. The van der Waals surface area contributed by atoms with Crippen LogP contribution in [0.15, 0.2) is 0 Å². The minimum atomic E-state index is -1.83. The van der Waals surface area contributed by atoms with E-state index in [-0.39, 0.29) is 6.47 Å². The Hall–Kier alpha value is -1.26. The normalized spacial score (nSPS) is 5.14. The summed E-state index contributed by atoms with van der Waals surface area (Å²) in [6.07, 6.45) is -1.83. The van der Waals surface area contributed by atoms with Crippen LogP contribution in [0.1, 0.15) is 0 Å². The van der Waals surface area contributed by atoms with Crippen molar-refractivity contribution in [3.8, 4) is 0 Å². The van der Waals surface area contributed by atoms with E-state index < -0.39 is 6.16 Å². The molecule has 0 aliphatic rings. The van der Waals surface area contributed by atoms with Crippen LogP contribution in [-0.2, 0) is 4.79 Å². The monoisotopic (exact) mass is 108 g/mol. The van der Waals surface area contributed by atoms with Crippen molar-refractivity contribution in [1.82, 2.24) is 0 Å². The SMILES string of the molecule is O=C(O)O.O=CO. The number of carboxylic acid groups (broad SMARTS) is 3. The fraction of sp³-hybridized carbons (Fsp3) is 0. The molecule has 0 radical (unpaired) electrons. The van der Waals surface area contributed by atoms with Gasteiger partial charge >= 0.3 is 6.16 Å². The highest BCUT2D eigenvalue weighted by molar-refractivity contribution is 5.53. The third-order valence-electron chi connectivity index (χ3n) is 0. The Balaban J connectivity index is 0. The lowest BCUT2D eigenvalue weighted by Gasteiger charge is -1.60. The average molecular weight is 108 g/mol. The molecular formula is C2H4O5. The second kappa shape index (κ2) is 8.83. The number of carbonyl (C=O) groups is 2. The molecule has 0 amide bonds. The minimum absolute atomic E-state index is 0.250. The highest BCUT2D eigenvalue weighted by Gasteiger charge is 1.70. The van der Waals surface area contributed by atoms with Crippen molar-refractivity contribution in [3.05, 3.63) is 0 Å². The first-order chi connectivity index (χ1) is 3.15. The van der Waals surface area contributed by atoms with Crippen LogP contribution in [0.3, 0.4) is 0 Å². The van der Waals surface area contributed by atoms with E-state index in [1.807, 2.05) is 0 Å². The van der Waals surface area contributed by atoms with Crippen molar-refractivity contribution < 1.29 is 24.9 Å². The maximum absolute atomic E-state index is 8.56. The van der Waals surface area contributed by atoms with Crippen molar-refractivity contribution in [2.75, 3.05) is 0 Å². The molecule has 0 aliphatic carbocycles. The van der Waals surface area contributed by atoms with Gasteiger partial charge in [0.1, 0.15) is 0 Å². The van der Waals surface area contributed by atoms with Gasteiger partial charge in [-0.1, -0.05) is 0 Å². The molecule has 42 valence electrons. The molecule has 0 spiro atoms. The summed E-state index contributed by atoms with van der Waals surface area (Å²) >= 11 is 0. The third-order valence-corrected chi connectivity index (χ3v) is 0. The lowest BCUT2D eigenvalue weighted by atomic mass is 11.5. The van der Waals surface area contributed by atoms with Crippen LogP contribution in [0, 0.1) is 0 Å². The molecule has 0 saturated heterocycles. The second-order valence-corrected chi connectivity index (χ2v) is 0.388. The molecule has 0 fully saturated rings. The van der Waals surface area contributed by atoms with Crippen molar-refractivity contribution in [3.63, 3.8) is 0 Å².